The van der Waals surface area contributed by atoms with Crippen LogP contribution in [0, 0.1) is 12.8 Å². The number of amides is 1. The van der Waals surface area contributed by atoms with Crippen molar-refractivity contribution in [3.63, 3.8) is 0 Å². The van der Waals surface area contributed by atoms with Gasteiger partial charge in [0.05, 0.1) is 17.3 Å². The molecule has 0 aromatic carbocycles. The molecule has 1 aliphatic heterocycles. The molecule has 2 aromatic rings. The van der Waals surface area contributed by atoms with Gasteiger partial charge in [-0.1, -0.05) is 19.9 Å². The third-order valence-electron chi connectivity index (χ3n) is 4.93. The third kappa shape index (κ3) is 3.70. The van der Waals surface area contributed by atoms with Gasteiger partial charge in [-0.3, -0.25) is 9.69 Å². The number of hydrogen-bond donors (Lipinski definition) is 1. The van der Waals surface area contributed by atoms with Crippen LogP contribution in [-0.4, -0.2) is 69.3 Å². The van der Waals surface area contributed by atoms with Crippen LogP contribution >= 0.6 is 0 Å². The van der Waals surface area contributed by atoms with Gasteiger partial charge in [0.25, 0.3) is 5.91 Å². The molecule has 0 saturated carbocycles. The molecule has 3 rings (SSSR count). The number of aliphatic hydroxyl groups excluding tert-OH is 1. The highest BCUT2D eigenvalue weighted by molar-refractivity contribution is 6.01. The molecule has 2 aromatic heterocycles. The monoisotopic (exact) mass is 344 g/mol. The molecule has 1 saturated heterocycles. The number of piperazine rings is 1. The molecule has 1 aliphatic rings. The molecule has 25 heavy (non-hydrogen) atoms. The van der Waals surface area contributed by atoms with Crippen molar-refractivity contribution in [3.05, 3.63) is 35.7 Å². The van der Waals surface area contributed by atoms with Crippen LogP contribution in [0.2, 0.25) is 0 Å². The average molecular weight is 344 g/mol. The quantitative estimate of drug-likeness (QED) is 0.899. The van der Waals surface area contributed by atoms with Crippen LogP contribution < -0.4 is 0 Å². The van der Waals surface area contributed by atoms with E-state index in [1.54, 1.807) is 10.7 Å². The lowest BCUT2D eigenvalue weighted by atomic mass is 10.0. The zero-order valence-electron chi connectivity index (χ0n) is 15.4. The van der Waals surface area contributed by atoms with Gasteiger partial charge in [-0.2, -0.15) is 5.10 Å². The molecule has 0 spiro atoms. The summed E-state index contributed by atoms with van der Waals surface area (Å²) in [6.07, 6.45) is 4.24. The second kappa shape index (κ2) is 7.54. The van der Waals surface area contributed by atoms with E-state index in [-0.39, 0.29) is 18.6 Å². The van der Waals surface area contributed by atoms with E-state index in [9.17, 15) is 9.90 Å². The lowest BCUT2D eigenvalue weighted by Gasteiger charge is -2.42. The third-order valence-corrected chi connectivity index (χ3v) is 4.93. The van der Waals surface area contributed by atoms with Crippen molar-refractivity contribution in [1.29, 1.82) is 0 Å². The zero-order chi connectivity index (χ0) is 18.0. The van der Waals surface area contributed by atoms with E-state index in [0.717, 1.165) is 30.7 Å². The number of nitrogens with zero attached hydrogens (tertiary/aromatic N) is 4. The first kappa shape index (κ1) is 17.9. The minimum absolute atomic E-state index is 0.0384. The van der Waals surface area contributed by atoms with E-state index in [2.05, 4.69) is 23.8 Å². The van der Waals surface area contributed by atoms with E-state index in [1.165, 1.54) is 0 Å². The van der Waals surface area contributed by atoms with Crippen molar-refractivity contribution >= 4 is 11.4 Å². The molecule has 1 unspecified atom stereocenters. The van der Waals surface area contributed by atoms with E-state index in [4.69, 9.17) is 0 Å². The van der Waals surface area contributed by atoms with Gasteiger partial charge >= 0.3 is 0 Å². The maximum Gasteiger partial charge on any atom is 0.257 e. The Hall–Kier alpha value is -1.92. The molecule has 1 N–H and O–H groups in total. The summed E-state index contributed by atoms with van der Waals surface area (Å²) in [6, 6.07) is 4.15. The molecular weight excluding hydrogens is 316 g/mol. The standard InChI is InChI=1S/C19H28N4O2/c1-14(2)12-21-8-9-22(13-16(21)6-10-24)19(25)17-11-20-23-7-4-5-15(3)18(17)23/h4-5,7,11,14,16,24H,6,8-10,12-13H2,1-3H3. The van der Waals surface area contributed by atoms with Gasteiger partial charge < -0.3 is 10.0 Å². The van der Waals surface area contributed by atoms with Crippen LogP contribution in [0.15, 0.2) is 24.5 Å². The molecule has 0 aliphatic carbocycles. The fourth-order valence-corrected chi connectivity index (χ4v) is 3.75. The van der Waals surface area contributed by atoms with E-state index in [1.807, 2.05) is 30.2 Å². The van der Waals surface area contributed by atoms with E-state index >= 15 is 0 Å². The lowest BCUT2D eigenvalue weighted by molar-refractivity contribution is 0.0386. The fraction of sp³-hybridized carbons (Fsp3) is 0.579. The first-order chi connectivity index (χ1) is 12.0. The summed E-state index contributed by atoms with van der Waals surface area (Å²) in [5.41, 5.74) is 2.60. The van der Waals surface area contributed by atoms with Crippen LogP contribution in [0.3, 0.4) is 0 Å². The Morgan fingerprint density at radius 3 is 2.92 bits per heavy atom. The number of carbonyl (C=O) groups excluding carboxylic acids is 1. The molecule has 0 bridgehead atoms. The topological polar surface area (TPSA) is 61.1 Å². The number of rotatable bonds is 5. The van der Waals surface area contributed by atoms with Crippen LogP contribution in [-0.2, 0) is 0 Å². The number of fused-ring (bicyclic) bond motifs is 1. The second-order valence-corrected chi connectivity index (χ2v) is 7.35. The predicted molar refractivity (Wildman–Crippen MR) is 97.7 cm³/mol. The van der Waals surface area contributed by atoms with Crippen molar-refractivity contribution in [3.8, 4) is 0 Å². The van der Waals surface area contributed by atoms with Gasteiger partial charge in [0, 0.05) is 45.0 Å². The number of aromatic nitrogens is 2. The van der Waals surface area contributed by atoms with Crippen LogP contribution in [0.25, 0.3) is 5.52 Å². The molecule has 0 radical (unpaired) electrons. The molecule has 3 heterocycles. The van der Waals surface area contributed by atoms with Gasteiger partial charge in [0.2, 0.25) is 0 Å². The Labute approximate surface area is 149 Å². The van der Waals surface area contributed by atoms with Crippen LogP contribution in [0.4, 0.5) is 0 Å². The minimum Gasteiger partial charge on any atom is -0.396 e. The molecule has 1 fully saturated rings. The molecule has 6 nitrogen and oxygen atoms in total. The normalized spacial score (nSPS) is 19.1. The molecule has 1 atom stereocenters. The van der Waals surface area contributed by atoms with Crippen molar-refractivity contribution in [2.45, 2.75) is 33.2 Å². The Kier molecular flexibility index (Phi) is 5.39. The Bertz CT molecular complexity index is 740. The van der Waals surface area contributed by atoms with Gasteiger partial charge in [-0.25, -0.2) is 4.52 Å². The fourth-order valence-electron chi connectivity index (χ4n) is 3.75. The molecule has 1 amide bonds. The highest BCUT2D eigenvalue weighted by Crippen LogP contribution is 2.21. The number of aliphatic hydroxyl groups is 1. The summed E-state index contributed by atoms with van der Waals surface area (Å²) in [5.74, 6) is 0.613. The largest absolute Gasteiger partial charge is 0.396 e. The summed E-state index contributed by atoms with van der Waals surface area (Å²) in [7, 11) is 0. The lowest BCUT2D eigenvalue weighted by Crippen LogP contribution is -2.55. The van der Waals surface area contributed by atoms with Crippen LogP contribution in [0.5, 0.6) is 0 Å². The van der Waals surface area contributed by atoms with E-state index < -0.39 is 0 Å². The first-order valence-corrected chi connectivity index (χ1v) is 9.08. The van der Waals surface area contributed by atoms with Crippen molar-refractivity contribution in [1.82, 2.24) is 19.4 Å². The Morgan fingerprint density at radius 1 is 1.40 bits per heavy atom. The summed E-state index contributed by atoms with van der Waals surface area (Å²) in [6.45, 7) is 9.80. The maximum atomic E-state index is 13.1. The Morgan fingerprint density at radius 2 is 2.20 bits per heavy atom. The zero-order valence-corrected chi connectivity index (χ0v) is 15.4. The van der Waals surface area contributed by atoms with E-state index in [0.29, 0.717) is 24.4 Å². The molecule has 6 heteroatoms. The van der Waals surface area contributed by atoms with Crippen LogP contribution in [0.1, 0.15) is 36.2 Å². The van der Waals surface area contributed by atoms with Crippen molar-refractivity contribution < 1.29 is 9.90 Å². The summed E-state index contributed by atoms with van der Waals surface area (Å²) in [4.78, 5) is 17.4. The smallest absolute Gasteiger partial charge is 0.257 e. The summed E-state index contributed by atoms with van der Waals surface area (Å²) in [5, 5.41) is 13.7. The highest BCUT2D eigenvalue weighted by atomic mass is 16.3. The summed E-state index contributed by atoms with van der Waals surface area (Å²) >= 11 is 0. The highest BCUT2D eigenvalue weighted by Gasteiger charge is 2.31. The van der Waals surface area contributed by atoms with Gasteiger partial charge in [0.15, 0.2) is 0 Å². The first-order valence-electron chi connectivity index (χ1n) is 9.08. The molecule has 136 valence electrons. The summed E-state index contributed by atoms with van der Waals surface area (Å²) < 4.78 is 1.77. The Balaban J connectivity index is 1.80. The predicted octanol–water partition coefficient (Wildman–Crippen LogP) is 1.81. The SMILES string of the molecule is Cc1cccn2ncc(C(=O)N3CCN(CC(C)C)C(CCO)C3)c12. The van der Waals surface area contributed by atoms with Crippen molar-refractivity contribution in [2.24, 2.45) is 5.92 Å². The number of aryl methyl sites for hydroxylation is 1. The minimum atomic E-state index is 0.0384. The average Bonchev–Trinajstić information content (AvgIpc) is 3.01. The van der Waals surface area contributed by atoms with Gasteiger partial charge in [0.1, 0.15) is 0 Å². The number of pyridine rings is 1. The van der Waals surface area contributed by atoms with Crippen molar-refractivity contribution in [2.75, 3.05) is 32.8 Å². The van der Waals surface area contributed by atoms with Gasteiger partial charge in [-0.15, -0.1) is 0 Å². The number of carbonyl (C=O) groups is 1. The molecular formula is C19H28N4O2. The second-order valence-electron chi connectivity index (χ2n) is 7.35. The number of hydrogen-bond acceptors (Lipinski definition) is 4. The maximum absolute atomic E-state index is 13.1. The van der Waals surface area contributed by atoms with Gasteiger partial charge in [-0.05, 0) is 30.9 Å².